The Morgan fingerprint density at radius 2 is 2.00 bits per heavy atom. The molecule has 0 atom stereocenters. The number of aromatic hydroxyl groups is 1. The molecule has 148 valence electrons. The molecule has 1 fully saturated rings. The number of nitrogens with zero attached hydrogens (tertiary/aromatic N) is 3. The number of fused-ring (bicyclic) bond motifs is 2. The van der Waals surface area contributed by atoms with Crippen LogP contribution in [0.5, 0.6) is 11.5 Å². The van der Waals surface area contributed by atoms with Crippen LogP contribution in [0, 0.1) is 0 Å². The van der Waals surface area contributed by atoms with Gasteiger partial charge in [0.05, 0.1) is 29.4 Å². The van der Waals surface area contributed by atoms with E-state index in [0.29, 0.717) is 29.0 Å². The Morgan fingerprint density at radius 3 is 2.83 bits per heavy atom. The molecule has 2 aliphatic heterocycles. The molecule has 7 heteroatoms. The van der Waals surface area contributed by atoms with E-state index in [4.69, 9.17) is 9.15 Å². The quantitative estimate of drug-likeness (QED) is 0.699. The fourth-order valence-electron chi connectivity index (χ4n) is 3.91. The average molecular weight is 390 g/mol. The van der Waals surface area contributed by atoms with Gasteiger partial charge < -0.3 is 19.6 Å². The minimum absolute atomic E-state index is 0.108. The van der Waals surface area contributed by atoms with Crippen LogP contribution < -0.4 is 10.1 Å². The van der Waals surface area contributed by atoms with Crippen LogP contribution in [0.4, 0.5) is 5.69 Å². The number of furan rings is 1. The topological polar surface area (TPSA) is 82.6 Å². The van der Waals surface area contributed by atoms with E-state index in [1.165, 1.54) is 0 Å². The average Bonchev–Trinajstić information content (AvgIpc) is 3.31. The lowest BCUT2D eigenvalue weighted by Crippen LogP contribution is -2.42. The number of rotatable bonds is 4. The summed E-state index contributed by atoms with van der Waals surface area (Å²) in [6.45, 7) is 4.54. The first-order valence-corrected chi connectivity index (χ1v) is 9.72. The van der Waals surface area contributed by atoms with Crippen LogP contribution in [0.25, 0.3) is 22.7 Å². The van der Waals surface area contributed by atoms with Gasteiger partial charge in [0.25, 0.3) is 0 Å². The van der Waals surface area contributed by atoms with E-state index in [9.17, 15) is 5.11 Å². The highest BCUT2D eigenvalue weighted by molar-refractivity contribution is 5.95. The van der Waals surface area contributed by atoms with Crippen LogP contribution in [-0.4, -0.2) is 43.3 Å². The van der Waals surface area contributed by atoms with Crippen molar-refractivity contribution in [2.75, 3.05) is 33.3 Å². The fraction of sp³-hybridized carbons (Fsp3) is 0.273. The van der Waals surface area contributed by atoms with Gasteiger partial charge in [-0.2, -0.15) is 0 Å². The standard InChI is InChI=1S/C22H22N4O3/c1-28-19-7-6-15-21(27)20(12-18-14-4-2-3-5-17(14)24-25-18)29-22(15)16(19)13-26-10-8-23-9-11-26/h2-7,12,23,27H,8-11,13H2,1H3/b18-12-. The molecule has 0 radical (unpaired) electrons. The minimum atomic E-state index is 0.108. The molecule has 3 heterocycles. The predicted octanol–water partition coefficient (Wildman–Crippen LogP) is 4.15. The molecule has 1 aromatic heterocycles. The van der Waals surface area contributed by atoms with Crippen molar-refractivity contribution in [2.24, 2.45) is 10.2 Å². The van der Waals surface area contributed by atoms with Crippen molar-refractivity contribution in [3.05, 3.63) is 53.3 Å². The van der Waals surface area contributed by atoms with Crippen LogP contribution in [0.2, 0.25) is 0 Å². The second kappa shape index (κ2) is 7.35. The van der Waals surface area contributed by atoms with E-state index in [1.54, 1.807) is 13.2 Å². The zero-order valence-electron chi connectivity index (χ0n) is 16.2. The zero-order valence-corrected chi connectivity index (χ0v) is 16.2. The molecule has 2 aliphatic rings. The van der Waals surface area contributed by atoms with E-state index < -0.39 is 0 Å². The third-order valence-corrected chi connectivity index (χ3v) is 5.44. The minimum Gasteiger partial charge on any atom is -0.504 e. The fourth-order valence-corrected chi connectivity index (χ4v) is 3.91. The summed E-state index contributed by atoms with van der Waals surface area (Å²) in [7, 11) is 1.66. The van der Waals surface area contributed by atoms with Crippen molar-refractivity contribution in [3.63, 3.8) is 0 Å². The molecule has 0 bridgehead atoms. The summed E-state index contributed by atoms with van der Waals surface area (Å²) in [5.74, 6) is 1.24. The highest BCUT2D eigenvalue weighted by Crippen LogP contribution is 2.42. The first kappa shape index (κ1) is 17.9. The van der Waals surface area contributed by atoms with Crippen molar-refractivity contribution in [2.45, 2.75) is 6.54 Å². The summed E-state index contributed by atoms with van der Waals surface area (Å²) in [6.07, 6.45) is 1.74. The number of benzene rings is 2. The number of nitrogens with one attached hydrogen (secondary N) is 1. The van der Waals surface area contributed by atoms with Gasteiger partial charge in [-0.1, -0.05) is 18.2 Å². The van der Waals surface area contributed by atoms with Crippen LogP contribution in [0.1, 0.15) is 16.9 Å². The third kappa shape index (κ3) is 3.18. The molecule has 29 heavy (non-hydrogen) atoms. The Morgan fingerprint density at radius 1 is 1.17 bits per heavy atom. The number of azo groups is 1. The molecule has 0 unspecified atom stereocenters. The first-order chi connectivity index (χ1) is 14.2. The summed E-state index contributed by atoms with van der Waals surface area (Å²) in [4.78, 5) is 2.35. The van der Waals surface area contributed by atoms with E-state index in [-0.39, 0.29) is 5.75 Å². The van der Waals surface area contributed by atoms with Crippen molar-refractivity contribution in [1.82, 2.24) is 10.2 Å². The number of methoxy groups -OCH3 is 1. The highest BCUT2D eigenvalue weighted by atomic mass is 16.5. The largest absolute Gasteiger partial charge is 0.504 e. The van der Waals surface area contributed by atoms with Crippen LogP contribution >= 0.6 is 0 Å². The van der Waals surface area contributed by atoms with E-state index >= 15 is 0 Å². The lowest BCUT2D eigenvalue weighted by atomic mass is 10.1. The van der Waals surface area contributed by atoms with Gasteiger partial charge in [-0.3, -0.25) is 4.90 Å². The second-order valence-corrected chi connectivity index (χ2v) is 7.21. The van der Waals surface area contributed by atoms with Gasteiger partial charge in [-0.05, 0) is 18.2 Å². The Kier molecular flexibility index (Phi) is 4.54. The Hall–Kier alpha value is -3.16. The molecule has 2 aromatic carbocycles. The summed E-state index contributed by atoms with van der Waals surface area (Å²) < 4.78 is 11.7. The normalized spacial score (nSPS) is 17.9. The summed E-state index contributed by atoms with van der Waals surface area (Å²) in [5.41, 5.74) is 4.00. The first-order valence-electron chi connectivity index (χ1n) is 9.72. The maximum absolute atomic E-state index is 10.8. The lowest BCUT2D eigenvalue weighted by Gasteiger charge is -2.27. The van der Waals surface area contributed by atoms with Crippen LogP contribution in [0.15, 0.2) is 51.0 Å². The molecule has 0 amide bonds. The van der Waals surface area contributed by atoms with E-state index in [2.05, 4.69) is 20.4 Å². The van der Waals surface area contributed by atoms with Gasteiger partial charge >= 0.3 is 0 Å². The van der Waals surface area contributed by atoms with E-state index in [1.807, 2.05) is 36.4 Å². The van der Waals surface area contributed by atoms with Crippen molar-refractivity contribution < 1.29 is 14.3 Å². The Balaban J connectivity index is 1.58. The molecule has 5 rings (SSSR count). The molecule has 0 aliphatic carbocycles. The van der Waals surface area contributed by atoms with Gasteiger partial charge in [0.1, 0.15) is 11.3 Å². The maximum Gasteiger partial charge on any atom is 0.172 e. The molecule has 0 spiro atoms. The molecule has 0 saturated carbocycles. The smallest absolute Gasteiger partial charge is 0.172 e. The van der Waals surface area contributed by atoms with Gasteiger partial charge in [-0.15, -0.1) is 10.2 Å². The third-order valence-electron chi connectivity index (χ3n) is 5.44. The molecule has 3 aromatic rings. The van der Waals surface area contributed by atoms with Crippen molar-refractivity contribution >= 4 is 28.4 Å². The van der Waals surface area contributed by atoms with E-state index in [0.717, 1.165) is 48.7 Å². The van der Waals surface area contributed by atoms with Gasteiger partial charge in [0, 0.05) is 44.4 Å². The maximum atomic E-state index is 10.8. The van der Waals surface area contributed by atoms with Gasteiger partial charge in [0.2, 0.25) is 0 Å². The van der Waals surface area contributed by atoms with Crippen LogP contribution in [-0.2, 0) is 6.54 Å². The summed E-state index contributed by atoms with van der Waals surface area (Å²) in [5, 5.41) is 23.3. The highest BCUT2D eigenvalue weighted by Gasteiger charge is 2.22. The summed E-state index contributed by atoms with van der Waals surface area (Å²) >= 11 is 0. The number of hydrogen-bond acceptors (Lipinski definition) is 7. The molecule has 1 saturated heterocycles. The number of hydrogen-bond donors (Lipinski definition) is 2. The molecular formula is C22H22N4O3. The molecule has 7 nitrogen and oxygen atoms in total. The van der Waals surface area contributed by atoms with Crippen molar-refractivity contribution in [3.8, 4) is 11.5 Å². The van der Waals surface area contributed by atoms with Gasteiger partial charge in [0.15, 0.2) is 11.5 Å². The Labute approximate surface area is 168 Å². The summed E-state index contributed by atoms with van der Waals surface area (Å²) in [6, 6.07) is 11.5. The molecular weight excluding hydrogens is 368 g/mol. The van der Waals surface area contributed by atoms with Crippen molar-refractivity contribution in [1.29, 1.82) is 0 Å². The predicted molar refractivity (Wildman–Crippen MR) is 111 cm³/mol. The molecule has 2 N–H and O–H groups in total. The van der Waals surface area contributed by atoms with Gasteiger partial charge in [-0.25, -0.2) is 0 Å². The van der Waals surface area contributed by atoms with Crippen LogP contribution in [0.3, 0.4) is 0 Å². The Bertz CT molecular complexity index is 1130. The second-order valence-electron chi connectivity index (χ2n) is 7.21. The zero-order chi connectivity index (χ0) is 19.8. The number of ether oxygens (including phenoxy) is 1. The monoisotopic (exact) mass is 390 g/mol. The lowest BCUT2D eigenvalue weighted by molar-refractivity contribution is 0.230. The SMILES string of the molecule is COc1ccc2c(O)c(/C=C3\N=Nc4ccccc43)oc2c1CN1CCNCC1. The number of piperazine rings is 1.